The monoisotopic (exact) mass is 290 g/mol. The molecule has 20 heavy (non-hydrogen) atoms. The largest absolute Gasteiger partial charge is 0.465 e. The van der Waals surface area contributed by atoms with Gasteiger partial charge in [-0.05, 0) is 38.5 Å². The van der Waals surface area contributed by atoms with Crippen LogP contribution in [0.15, 0.2) is 33.6 Å². The van der Waals surface area contributed by atoms with Crippen LogP contribution in [0, 0.1) is 20.8 Å². The van der Waals surface area contributed by atoms with Crippen molar-refractivity contribution in [3.8, 4) is 0 Å². The van der Waals surface area contributed by atoms with Crippen molar-refractivity contribution in [3.63, 3.8) is 0 Å². The van der Waals surface area contributed by atoms with E-state index in [-0.39, 0.29) is 5.91 Å². The van der Waals surface area contributed by atoms with Crippen molar-refractivity contribution in [1.82, 2.24) is 5.43 Å². The zero-order valence-corrected chi connectivity index (χ0v) is 12.6. The van der Waals surface area contributed by atoms with Crippen molar-refractivity contribution in [3.05, 3.63) is 52.5 Å². The molecule has 0 unspecified atom stereocenters. The Morgan fingerprint density at radius 2 is 2.05 bits per heavy atom. The van der Waals surface area contributed by atoms with Crippen LogP contribution >= 0.6 is 11.8 Å². The summed E-state index contributed by atoms with van der Waals surface area (Å²) in [5.41, 5.74) is 5.11. The summed E-state index contributed by atoms with van der Waals surface area (Å²) >= 11 is 1.69. The molecule has 2 aromatic rings. The van der Waals surface area contributed by atoms with E-state index in [1.807, 2.05) is 0 Å². The number of nitrogen functional groups attached to an aromatic ring is 1. The fourth-order valence-electron chi connectivity index (χ4n) is 2.03. The van der Waals surface area contributed by atoms with Gasteiger partial charge in [-0.2, -0.15) is 0 Å². The van der Waals surface area contributed by atoms with E-state index in [1.165, 1.54) is 16.0 Å². The van der Waals surface area contributed by atoms with Gasteiger partial charge in [0.2, 0.25) is 0 Å². The van der Waals surface area contributed by atoms with Crippen molar-refractivity contribution in [2.75, 3.05) is 0 Å². The highest BCUT2D eigenvalue weighted by Gasteiger charge is 2.14. The van der Waals surface area contributed by atoms with E-state index in [2.05, 4.69) is 37.5 Å². The van der Waals surface area contributed by atoms with Crippen molar-refractivity contribution < 1.29 is 9.21 Å². The van der Waals surface area contributed by atoms with Gasteiger partial charge in [0.05, 0.1) is 11.3 Å². The predicted octanol–water partition coefficient (Wildman–Crippen LogP) is 3.10. The Labute approximate surface area is 122 Å². The highest BCUT2D eigenvalue weighted by atomic mass is 32.2. The van der Waals surface area contributed by atoms with Crippen LogP contribution in [0.4, 0.5) is 0 Å². The minimum atomic E-state index is -0.325. The molecule has 0 saturated carbocycles. The van der Waals surface area contributed by atoms with Gasteiger partial charge in [0, 0.05) is 4.90 Å². The van der Waals surface area contributed by atoms with Gasteiger partial charge in [0.15, 0.2) is 0 Å². The molecule has 0 aliphatic rings. The highest BCUT2D eigenvalue weighted by Crippen LogP contribution is 2.28. The molecule has 0 saturated heterocycles. The first-order valence-corrected chi connectivity index (χ1v) is 7.30. The molecule has 3 N–H and O–H groups in total. The van der Waals surface area contributed by atoms with Crippen molar-refractivity contribution >= 4 is 17.7 Å². The fourth-order valence-corrected chi connectivity index (χ4v) is 2.92. The summed E-state index contributed by atoms with van der Waals surface area (Å²) in [6, 6.07) is 8.10. The Kier molecular flexibility index (Phi) is 4.52. The van der Waals surface area contributed by atoms with Gasteiger partial charge in [-0.25, -0.2) is 5.84 Å². The van der Waals surface area contributed by atoms with Crippen LogP contribution in [0.2, 0.25) is 0 Å². The quantitative estimate of drug-likeness (QED) is 0.393. The summed E-state index contributed by atoms with van der Waals surface area (Å²) in [6.07, 6.45) is 0. The third-order valence-corrected chi connectivity index (χ3v) is 4.24. The van der Waals surface area contributed by atoms with E-state index < -0.39 is 0 Å². The molecule has 106 valence electrons. The van der Waals surface area contributed by atoms with Gasteiger partial charge in [0.25, 0.3) is 5.91 Å². The number of nitrogens with two attached hydrogens (primary N) is 1. The number of benzene rings is 1. The lowest BCUT2D eigenvalue weighted by molar-refractivity contribution is 0.0952. The average molecular weight is 290 g/mol. The molecular formula is C15H18N2O2S. The molecule has 0 atom stereocenters. The molecule has 0 bridgehead atoms. The Hall–Kier alpha value is -1.72. The third-order valence-electron chi connectivity index (χ3n) is 3.04. The molecule has 1 aromatic carbocycles. The Bertz CT molecular complexity index is 635. The molecule has 4 nitrogen and oxygen atoms in total. The Morgan fingerprint density at radius 3 is 2.70 bits per heavy atom. The molecule has 0 aliphatic carbocycles. The number of thioether (sulfide) groups is 1. The molecule has 5 heteroatoms. The van der Waals surface area contributed by atoms with Gasteiger partial charge in [0.1, 0.15) is 11.5 Å². The van der Waals surface area contributed by atoms with Gasteiger partial charge >= 0.3 is 0 Å². The normalized spacial score (nSPS) is 10.6. The lowest BCUT2D eigenvalue weighted by atomic mass is 10.2. The smallest absolute Gasteiger partial charge is 0.268 e. The van der Waals surface area contributed by atoms with Crippen molar-refractivity contribution in [1.29, 1.82) is 0 Å². The predicted molar refractivity (Wildman–Crippen MR) is 80.6 cm³/mol. The molecule has 1 amide bonds. The first kappa shape index (κ1) is 14.7. The maximum Gasteiger partial charge on any atom is 0.268 e. The molecule has 0 aliphatic heterocycles. The first-order valence-electron chi connectivity index (χ1n) is 6.31. The zero-order valence-electron chi connectivity index (χ0n) is 11.8. The summed E-state index contributed by atoms with van der Waals surface area (Å²) < 4.78 is 5.59. The third kappa shape index (κ3) is 3.23. The molecule has 2 rings (SSSR count). The van der Waals surface area contributed by atoms with E-state index >= 15 is 0 Å². The van der Waals surface area contributed by atoms with E-state index in [9.17, 15) is 4.79 Å². The number of amides is 1. The van der Waals surface area contributed by atoms with Crippen LogP contribution < -0.4 is 11.3 Å². The summed E-state index contributed by atoms with van der Waals surface area (Å²) in [5.74, 6) is 6.85. The minimum Gasteiger partial charge on any atom is -0.465 e. The van der Waals surface area contributed by atoms with E-state index in [4.69, 9.17) is 10.3 Å². The number of furan rings is 1. The summed E-state index contributed by atoms with van der Waals surface area (Å²) in [7, 11) is 0. The average Bonchev–Trinajstić information content (AvgIpc) is 2.78. The van der Waals surface area contributed by atoms with Crippen molar-refractivity contribution in [2.45, 2.75) is 31.4 Å². The summed E-state index contributed by atoms with van der Waals surface area (Å²) in [5, 5.41) is 0. The van der Waals surface area contributed by atoms with Gasteiger partial charge < -0.3 is 4.42 Å². The van der Waals surface area contributed by atoms with Gasteiger partial charge in [-0.3, -0.25) is 10.2 Å². The number of aryl methyl sites for hydroxylation is 3. The number of carbonyl (C=O) groups is 1. The molecule has 0 fully saturated rings. The summed E-state index contributed by atoms with van der Waals surface area (Å²) in [4.78, 5) is 12.7. The van der Waals surface area contributed by atoms with Crippen LogP contribution in [0.1, 0.15) is 33.0 Å². The Morgan fingerprint density at radius 1 is 1.30 bits per heavy atom. The number of hydrogen-bond donors (Lipinski definition) is 2. The van der Waals surface area contributed by atoms with Crippen LogP contribution in [-0.4, -0.2) is 5.91 Å². The van der Waals surface area contributed by atoms with Crippen LogP contribution in [0.25, 0.3) is 0 Å². The maximum absolute atomic E-state index is 11.5. The van der Waals surface area contributed by atoms with E-state index in [0.29, 0.717) is 17.1 Å². The fraction of sp³-hybridized carbons (Fsp3) is 0.267. The number of nitrogens with one attached hydrogen (secondary N) is 1. The van der Waals surface area contributed by atoms with E-state index in [0.717, 1.165) is 5.76 Å². The lowest BCUT2D eigenvalue weighted by Gasteiger charge is -2.05. The molecule has 1 heterocycles. The molecule has 0 spiro atoms. The van der Waals surface area contributed by atoms with Crippen LogP contribution in [-0.2, 0) is 5.75 Å². The Balaban J connectivity index is 2.09. The topological polar surface area (TPSA) is 68.3 Å². The second kappa shape index (κ2) is 6.15. The number of hydrogen-bond acceptors (Lipinski definition) is 4. The number of hydrazine groups is 1. The molecule has 0 radical (unpaired) electrons. The van der Waals surface area contributed by atoms with Gasteiger partial charge in [-0.15, -0.1) is 11.8 Å². The van der Waals surface area contributed by atoms with Crippen LogP contribution in [0.5, 0.6) is 0 Å². The standard InChI is InChI=1S/C15H18N2O2S/c1-9-4-5-14(10(2)6-9)20-8-12-7-13(11(3)19-12)15(18)17-16/h4-7H,8,16H2,1-3H3,(H,17,18). The maximum atomic E-state index is 11.5. The first-order chi connectivity index (χ1) is 9.51. The molecular weight excluding hydrogens is 272 g/mol. The highest BCUT2D eigenvalue weighted by molar-refractivity contribution is 7.98. The number of rotatable bonds is 4. The lowest BCUT2D eigenvalue weighted by Crippen LogP contribution is -2.30. The second-order valence-electron chi connectivity index (χ2n) is 4.71. The SMILES string of the molecule is Cc1ccc(SCc2cc(C(=O)NN)c(C)o2)c(C)c1. The minimum absolute atomic E-state index is 0.325. The summed E-state index contributed by atoms with van der Waals surface area (Å²) in [6.45, 7) is 5.93. The van der Waals surface area contributed by atoms with Crippen molar-refractivity contribution in [2.24, 2.45) is 5.84 Å². The second-order valence-corrected chi connectivity index (χ2v) is 5.73. The van der Waals surface area contributed by atoms with Crippen LogP contribution in [0.3, 0.4) is 0 Å². The van der Waals surface area contributed by atoms with Gasteiger partial charge in [-0.1, -0.05) is 17.7 Å². The van der Waals surface area contributed by atoms with E-state index in [1.54, 1.807) is 24.8 Å². The number of carbonyl (C=O) groups excluding carboxylic acids is 1. The molecule has 1 aromatic heterocycles. The zero-order chi connectivity index (χ0) is 14.7.